The number of hydrogen-bond acceptors (Lipinski definition) is 3. The minimum Gasteiger partial charge on any atom is -0.357 e. The Kier molecular flexibility index (Phi) is 9.11. The zero-order valence-electron chi connectivity index (χ0n) is 17.8. The van der Waals surface area contributed by atoms with Gasteiger partial charge in [-0.25, -0.2) is 17.7 Å². The molecule has 2 aromatic rings. The molecule has 0 aliphatic carbocycles. The van der Waals surface area contributed by atoms with Crippen molar-refractivity contribution in [3.05, 3.63) is 65.7 Å². The van der Waals surface area contributed by atoms with Crippen LogP contribution < -0.4 is 5.32 Å². The number of rotatable bonds is 6. The second-order valence-corrected chi connectivity index (χ2v) is 9.53. The highest BCUT2D eigenvalue weighted by molar-refractivity contribution is 14.0. The van der Waals surface area contributed by atoms with E-state index in [1.54, 1.807) is 26.2 Å². The monoisotopic (exact) mass is 542 g/mol. The first-order chi connectivity index (χ1) is 13.9. The number of nitrogens with one attached hydrogen (secondary N) is 1. The highest BCUT2D eigenvalue weighted by atomic mass is 127. The summed E-state index contributed by atoms with van der Waals surface area (Å²) in [5.74, 6) is 1.32. The number of halogens is 1. The Balaban J connectivity index is 0.00000320. The lowest BCUT2D eigenvalue weighted by Gasteiger charge is -2.22. The van der Waals surface area contributed by atoms with Gasteiger partial charge in [0.1, 0.15) is 0 Å². The van der Waals surface area contributed by atoms with E-state index < -0.39 is 10.0 Å². The second-order valence-electron chi connectivity index (χ2n) is 7.41. The summed E-state index contributed by atoms with van der Waals surface area (Å²) in [5.41, 5.74) is 2.06. The zero-order chi connectivity index (χ0) is 20.9. The van der Waals surface area contributed by atoms with E-state index in [4.69, 9.17) is 4.99 Å². The van der Waals surface area contributed by atoms with E-state index in [-0.39, 0.29) is 24.0 Å². The van der Waals surface area contributed by atoms with Crippen LogP contribution in [-0.2, 0) is 16.6 Å². The Labute approximate surface area is 197 Å². The fraction of sp³-hybridized carbons (Fsp3) is 0.409. The molecule has 6 nitrogen and oxygen atoms in total. The van der Waals surface area contributed by atoms with Crippen LogP contribution in [-0.4, -0.2) is 57.3 Å². The van der Waals surface area contributed by atoms with E-state index in [9.17, 15) is 8.42 Å². The summed E-state index contributed by atoms with van der Waals surface area (Å²) >= 11 is 0. The smallest absolute Gasteiger partial charge is 0.242 e. The van der Waals surface area contributed by atoms with Gasteiger partial charge >= 0.3 is 0 Å². The van der Waals surface area contributed by atoms with Crippen LogP contribution in [0.4, 0.5) is 0 Å². The largest absolute Gasteiger partial charge is 0.357 e. The van der Waals surface area contributed by atoms with Crippen molar-refractivity contribution in [3.8, 4) is 0 Å². The maximum Gasteiger partial charge on any atom is 0.242 e. The summed E-state index contributed by atoms with van der Waals surface area (Å²) in [6, 6.07) is 17.7. The van der Waals surface area contributed by atoms with E-state index in [2.05, 4.69) is 34.5 Å². The molecule has 0 bridgehead atoms. The topological polar surface area (TPSA) is 65.0 Å². The van der Waals surface area contributed by atoms with Gasteiger partial charge in [0.05, 0.1) is 11.4 Å². The predicted octanol–water partition coefficient (Wildman–Crippen LogP) is 3.51. The van der Waals surface area contributed by atoms with Gasteiger partial charge in [0.15, 0.2) is 5.96 Å². The van der Waals surface area contributed by atoms with Gasteiger partial charge in [0.25, 0.3) is 0 Å². The first-order valence-electron chi connectivity index (χ1n) is 10.0. The molecule has 1 atom stereocenters. The molecule has 3 rings (SSSR count). The molecule has 0 amide bonds. The standard InChI is InChI=1S/C22H30N4O2S.HI/c1-4-23-22(26-15-14-20(17-26)18-10-6-5-7-11-18)24-16-19-12-8-9-13-21(19)29(27,28)25(2)3;/h5-13,20H,4,14-17H2,1-3H3,(H,23,24);1H. The Bertz CT molecular complexity index is 949. The molecule has 1 heterocycles. The third-order valence-electron chi connectivity index (χ3n) is 5.22. The van der Waals surface area contributed by atoms with E-state index in [0.29, 0.717) is 22.9 Å². The first-order valence-corrected chi connectivity index (χ1v) is 11.5. The summed E-state index contributed by atoms with van der Waals surface area (Å²) in [7, 11) is -0.403. The van der Waals surface area contributed by atoms with E-state index >= 15 is 0 Å². The molecule has 164 valence electrons. The third-order valence-corrected chi connectivity index (χ3v) is 7.14. The van der Waals surface area contributed by atoms with Crippen molar-refractivity contribution in [2.45, 2.75) is 30.7 Å². The fourth-order valence-corrected chi connectivity index (χ4v) is 4.73. The summed E-state index contributed by atoms with van der Waals surface area (Å²) in [6.07, 6.45) is 1.08. The van der Waals surface area contributed by atoms with E-state index in [0.717, 1.165) is 32.0 Å². The number of aliphatic imine (C=N–C) groups is 1. The van der Waals surface area contributed by atoms with Crippen molar-refractivity contribution < 1.29 is 8.42 Å². The van der Waals surface area contributed by atoms with Gasteiger partial charge < -0.3 is 10.2 Å². The molecule has 0 saturated carbocycles. The van der Waals surface area contributed by atoms with Crippen molar-refractivity contribution in [2.75, 3.05) is 33.7 Å². The molecular formula is C22H31IN4O2S. The molecule has 0 spiro atoms. The Morgan fingerprint density at radius 1 is 1.13 bits per heavy atom. The van der Waals surface area contributed by atoms with Crippen molar-refractivity contribution in [1.82, 2.24) is 14.5 Å². The van der Waals surface area contributed by atoms with Crippen LogP contribution in [0.2, 0.25) is 0 Å². The highest BCUT2D eigenvalue weighted by Crippen LogP contribution is 2.27. The number of nitrogens with zero attached hydrogens (tertiary/aromatic N) is 3. The third kappa shape index (κ3) is 5.73. The van der Waals surface area contributed by atoms with Crippen LogP contribution in [0.25, 0.3) is 0 Å². The molecule has 0 aromatic heterocycles. The highest BCUT2D eigenvalue weighted by Gasteiger charge is 2.26. The van der Waals surface area contributed by atoms with Gasteiger partial charge in [-0.05, 0) is 30.5 Å². The average Bonchev–Trinajstić information content (AvgIpc) is 3.22. The van der Waals surface area contributed by atoms with Crippen molar-refractivity contribution in [1.29, 1.82) is 0 Å². The molecule has 1 fully saturated rings. The van der Waals surface area contributed by atoms with E-state index in [1.807, 2.05) is 25.1 Å². The average molecular weight is 542 g/mol. The van der Waals surface area contributed by atoms with Crippen LogP contribution in [0.5, 0.6) is 0 Å². The quantitative estimate of drug-likeness (QED) is 0.345. The number of likely N-dealkylation sites (tertiary alicyclic amines) is 1. The summed E-state index contributed by atoms with van der Waals surface area (Å²) in [6.45, 7) is 4.97. The number of benzene rings is 2. The number of guanidine groups is 1. The minimum atomic E-state index is -3.50. The van der Waals surface area contributed by atoms with Gasteiger partial charge in [-0.2, -0.15) is 0 Å². The molecule has 1 aliphatic heterocycles. The Morgan fingerprint density at radius 3 is 2.47 bits per heavy atom. The van der Waals surface area contributed by atoms with Crippen LogP contribution in [0, 0.1) is 0 Å². The molecule has 0 radical (unpaired) electrons. The maximum absolute atomic E-state index is 12.6. The zero-order valence-corrected chi connectivity index (χ0v) is 20.9. The van der Waals surface area contributed by atoms with Crippen LogP contribution in [0.15, 0.2) is 64.5 Å². The predicted molar refractivity (Wildman–Crippen MR) is 133 cm³/mol. The Morgan fingerprint density at radius 2 is 1.80 bits per heavy atom. The van der Waals surface area contributed by atoms with Crippen LogP contribution in [0.1, 0.15) is 30.4 Å². The lowest BCUT2D eigenvalue weighted by Crippen LogP contribution is -2.40. The summed E-state index contributed by atoms with van der Waals surface area (Å²) in [4.78, 5) is 7.36. The van der Waals surface area contributed by atoms with Crippen molar-refractivity contribution in [2.24, 2.45) is 4.99 Å². The molecule has 8 heteroatoms. The molecule has 1 N–H and O–H groups in total. The van der Waals surface area contributed by atoms with Gasteiger partial charge in [-0.15, -0.1) is 24.0 Å². The van der Waals surface area contributed by atoms with Crippen LogP contribution in [0.3, 0.4) is 0 Å². The van der Waals surface area contributed by atoms with Crippen LogP contribution >= 0.6 is 24.0 Å². The van der Waals surface area contributed by atoms with Gasteiger partial charge in [-0.3, -0.25) is 0 Å². The molecule has 30 heavy (non-hydrogen) atoms. The lowest BCUT2D eigenvalue weighted by molar-refractivity contribution is 0.485. The lowest BCUT2D eigenvalue weighted by atomic mass is 9.99. The fourth-order valence-electron chi connectivity index (χ4n) is 3.62. The van der Waals surface area contributed by atoms with Crippen molar-refractivity contribution in [3.63, 3.8) is 0 Å². The minimum absolute atomic E-state index is 0. The SMILES string of the molecule is CCNC(=NCc1ccccc1S(=O)(=O)N(C)C)N1CCC(c2ccccc2)C1.I. The molecule has 1 aliphatic rings. The van der Waals surface area contributed by atoms with Gasteiger partial charge in [0, 0.05) is 39.6 Å². The summed E-state index contributed by atoms with van der Waals surface area (Å²) in [5, 5.41) is 3.36. The second kappa shape index (κ2) is 11.1. The molecule has 1 saturated heterocycles. The normalized spacial score (nSPS) is 17.1. The molecule has 2 aromatic carbocycles. The summed E-state index contributed by atoms with van der Waals surface area (Å²) < 4.78 is 26.5. The van der Waals surface area contributed by atoms with Gasteiger partial charge in [0.2, 0.25) is 10.0 Å². The van der Waals surface area contributed by atoms with Crippen molar-refractivity contribution >= 4 is 40.0 Å². The van der Waals surface area contributed by atoms with Gasteiger partial charge in [-0.1, -0.05) is 48.5 Å². The molecular weight excluding hydrogens is 511 g/mol. The van der Waals surface area contributed by atoms with E-state index in [1.165, 1.54) is 9.87 Å². The maximum atomic E-state index is 12.6. The first kappa shape index (κ1) is 24.6. The number of sulfonamides is 1. The Hall–Kier alpha value is -1.65. The molecule has 1 unspecified atom stereocenters. The number of hydrogen-bond donors (Lipinski definition) is 1.